The topological polar surface area (TPSA) is 74.2 Å². The van der Waals surface area contributed by atoms with Gasteiger partial charge < -0.3 is 24.4 Å². The first kappa shape index (κ1) is 22.7. The summed E-state index contributed by atoms with van der Waals surface area (Å²) >= 11 is 0. The number of ether oxygens (including phenoxy) is 2. The van der Waals surface area contributed by atoms with Gasteiger partial charge in [0.25, 0.3) is 0 Å². The predicted octanol–water partition coefficient (Wildman–Crippen LogP) is 3.03. The zero-order valence-corrected chi connectivity index (χ0v) is 20.0. The van der Waals surface area contributed by atoms with Crippen LogP contribution in [0, 0.1) is 0 Å². The highest BCUT2D eigenvalue weighted by molar-refractivity contribution is 5.96. The molecule has 34 heavy (non-hydrogen) atoms. The fourth-order valence-corrected chi connectivity index (χ4v) is 4.97. The summed E-state index contributed by atoms with van der Waals surface area (Å²) in [6.07, 6.45) is 4.33. The molecule has 2 fully saturated rings. The second kappa shape index (κ2) is 10.0. The molecule has 5 rings (SSSR count). The van der Waals surface area contributed by atoms with Gasteiger partial charge in [0, 0.05) is 74.7 Å². The second-order valence-corrected chi connectivity index (χ2v) is 8.90. The smallest absolute Gasteiger partial charge is 0.162 e. The van der Waals surface area contributed by atoms with Gasteiger partial charge in [-0.1, -0.05) is 0 Å². The fraction of sp³-hybridized carbons (Fsp3) is 0.462. The first-order chi connectivity index (χ1) is 16.7. The van der Waals surface area contributed by atoms with Crippen molar-refractivity contribution in [3.63, 3.8) is 0 Å². The molecule has 0 radical (unpaired) electrons. The Morgan fingerprint density at radius 2 is 1.62 bits per heavy atom. The number of nitrogens with zero attached hydrogens (tertiary/aromatic N) is 5. The van der Waals surface area contributed by atoms with Crippen LogP contribution in [0.2, 0.25) is 0 Å². The maximum Gasteiger partial charge on any atom is 0.162 e. The molecule has 2 aliphatic rings. The van der Waals surface area contributed by atoms with Crippen LogP contribution in [0.3, 0.4) is 0 Å². The van der Waals surface area contributed by atoms with E-state index >= 15 is 0 Å². The maximum absolute atomic E-state index is 9.16. The first-order valence-electron chi connectivity index (χ1n) is 12.1. The van der Waals surface area contributed by atoms with Gasteiger partial charge in [-0.05, 0) is 37.1 Å². The number of β-amino-alcohol motifs (C(OH)–C–C–N with tert-alkyl or cyclic N) is 1. The number of piperazine rings is 1. The van der Waals surface area contributed by atoms with E-state index < -0.39 is 0 Å². The minimum absolute atomic E-state index is 0.212. The number of anilines is 2. The Morgan fingerprint density at radius 3 is 2.26 bits per heavy atom. The average molecular weight is 464 g/mol. The SMILES string of the molecule is COc1cc2nc(-c3ccc(N4CCN(CCO)CC4)nc3)cc(N3CCCC3)c2cc1OC. The lowest BCUT2D eigenvalue weighted by atomic mass is 10.1. The summed E-state index contributed by atoms with van der Waals surface area (Å²) in [5.41, 5.74) is 3.98. The number of rotatable bonds is 7. The number of aliphatic hydroxyl groups excluding tert-OH is 1. The number of fused-ring (bicyclic) bond motifs is 1. The van der Waals surface area contributed by atoms with E-state index in [4.69, 9.17) is 24.5 Å². The van der Waals surface area contributed by atoms with Crippen LogP contribution in [0.1, 0.15) is 12.8 Å². The molecule has 3 aromatic rings. The standard InChI is InChI=1S/C26H33N5O3/c1-33-24-15-20-22(17-25(24)34-2)28-21(16-23(20)30-7-3-4-8-30)19-5-6-26(27-18-19)31-11-9-29(10-12-31)13-14-32/h5-6,15-18,32H,3-4,7-14H2,1-2H3. The van der Waals surface area contributed by atoms with Gasteiger partial charge in [-0.25, -0.2) is 9.97 Å². The van der Waals surface area contributed by atoms with Crippen LogP contribution in [0.25, 0.3) is 22.2 Å². The molecule has 0 aliphatic carbocycles. The molecule has 0 saturated carbocycles. The van der Waals surface area contributed by atoms with Gasteiger partial charge >= 0.3 is 0 Å². The van der Waals surface area contributed by atoms with Crippen LogP contribution < -0.4 is 19.3 Å². The molecule has 4 heterocycles. The number of hydrogen-bond acceptors (Lipinski definition) is 8. The summed E-state index contributed by atoms with van der Waals surface area (Å²) in [6.45, 7) is 6.77. The van der Waals surface area contributed by atoms with Crippen LogP contribution in [0.5, 0.6) is 11.5 Å². The third-order valence-corrected chi connectivity index (χ3v) is 6.90. The number of benzene rings is 1. The molecule has 2 aromatic heterocycles. The maximum atomic E-state index is 9.16. The minimum atomic E-state index is 0.212. The van der Waals surface area contributed by atoms with Crippen molar-refractivity contribution in [1.29, 1.82) is 0 Å². The molecule has 2 aliphatic heterocycles. The molecule has 2 saturated heterocycles. The van der Waals surface area contributed by atoms with Gasteiger partial charge in [0.2, 0.25) is 0 Å². The molecule has 0 atom stereocenters. The van der Waals surface area contributed by atoms with Crippen molar-refractivity contribution < 1.29 is 14.6 Å². The summed E-state index contributed by atoms with van der Waals surface area (Å²) in [5, 5.41) is 10.2. The number of methoxy groups -OCH3 is 2. The Morgan fingerprint density at radius 1 is 0.882 bits per heavy atom. The molecule has 0 spiro atoms. The lowest BCUT2D eigenvalue weighted by molar-refractivity contribution is 0.188. The molecule has 8 nitrogen and oxygen atoms in total. The second-order valence-electron chi connectivity index (χ2n) is 8.90. The molecule has 180 valence electrons. The predicted molar refractivity (Wildman–Crippen MR) is 135 cm³/mol. The van der Waals surface area contributed by atoms with Crippen molar-refractivity contribution >= 4 is 22.4 Å². The van der Waals surface area contributed by atoms with Gasteiger partial charge in [0.05, 0.1) is 32.0 Å². The van der Waals surface area contributed by atoms with Crippen molar-refractivity contribution in [3.05, 3.63) is 36.5 Å². The summed E-state index contributed by atoms with van der Waals surface area (Å²) in [7, 11) is 3.32. The van der Waals surface area contributed by atoms with Crippen molar-refractivity contribution in [2.45, 2.75) is 12.8 Å². The largest absolute Gasteiger partial charge is 0.493 e. The van der Waals surface area contributed by atoms with Gasteiger partial charge in [-0.15, -0.1) is 0 Å². The van der Waals surface area contributed by atoms with E-state index in [-0.39, 0.29) is 6.61 Å². The highest BCUT2D eigenvalue weighted by Crippen LogP contribution is 2.39. The third-order valence-electron chi connectivity index (χ3n) is 6.90. The molecule has 0 bridgehead atoms. The summed E-state index contributed by atoms with van der Waals surface area (Å²) < 4.78 is 11.1. The normalized spacial score (nSPS) is 16.9. The van der Waals surface area contributed by atoms with Gasteiger partial charge in [0.1, 0.15) is 5.82 Å². The Hall–Kier alpha value is -3.10. The third kappa shape index (κ3) is 4.48. The molecule has 0 amide bonds. The van der Waals surface area contributed by atoms with E-state index in [2.05, 4.69) is 32.9 Å². The molecular formula is C26H33N5O3. The average Bonchev–Trinajstić information content (AvgIpc) is 3.43. The zero-order valence-electron chi connectivity index (χ0n) is 20.0. The lowest BCUT2D eigenvalue weighted by Gasteiger charge is -2.35. The summed E-state index contributed by atoms with van der Waals surface area (Å²) in [5.74, 6) is 2.38. The van der Waals surface area contributed by atoms with Crippen molar-refractivity contribution in [2.75, 3.05) is 76.4 Å². The Balaban J connectivity index is 1.47. The quantitative estimate of drug-likeness (QED) is 0.573. The summed E-state index contributed by atoms with van der Waals surface area (Å²) in [4.78, 5) is 16.8. The van der Waals surface area contributed by atoms with E-state index in [1.807, 2.05) is 18.3 Å². The van der Waals surface area contributed by atoms with E-state index in [9.17, 15) is 0 Å². The van der Waals surface area contributed by atoms with Crippen LogP contribution in [0.4, 0.5) is 11.5 Å². The van der Waals surface area contributed by atoms with E-state index in [0.29, 0.717) is 5.75 Å². The minimum Gasteiger partial charge on any atom is -0.493 e. The Bertz CT molecular complexity index is 1120. The fourth-order valence-electron chi connectivity index (χ4n) is 4.97. The lowest BCUT2D eigenvalue weighted by Crippen LogP contribution is -2.47. The number of hydrogen-bond donors (Lipinski definition) is 1. The van der Waals surface area contributed by atoms with E-state index in [1.165, 1.54) is 18.5 Å². The Labute approximate surface area is 200 Å². The monoisotopic (exact) mass is 463 g/mol. The molecule has 0 unspecified atom stereocenters. The highest BCUT2D eigenvalue weighted by atomic mass is 16.5. The summed E-state index contributed by atoms with van der Waals surface area (Å²) in [6, 6.07) is 10.4. The number of aliphatic hydroxyl groups is 1. The number of pyridine rings is 2. The molecule has 1 N–H and O–H groups in total. The highest BCUT2D eigenvalue weighted by Gasteiger charge is 2.21. The van der Waals surface area contributed by atoms with Crippen LogP contribution >= 0.6 is 0 Å². The molecule has 1 aromatic carbocycles. The van der Waals surface area contributed by atoms with Crippen LogP contribution in [-0.2, 0) is 0 Å². The van der Waals surface area contributed by atoms with Gasteiger partial charge in [-0.3, -0.25) is 4.90 Å². The zero-order chi connectivity index (χ0) is 23.5. The van der Waals surface area contributed by atoms with E-state index in [0.717, 1.165) is 79.5 Å². The van der Waals surface area contributed by atoms with Gasteiger partial charge in [0.15, 0.2) is 11.5 Å². The number of aromatic nitrogens is 2. The first-order valence-corrected chi connectivity index (χ1v) is 12.1. The Kier molecular flexibility index (Phi) is 6.69. The van der Waals surface area contributed by atoms with Gasteiger partial charge in [-0.2, -0.15) is 0 Å². The van der Waals surface area contributed by atoms with Crippen LogP contribution in [-0.4, -0.2) is 86.6 Å². The molecular weight excluding hydrogens is 430 g/mol. The van der Waals surface area contributed by atoms with Crippen molar-refractivity contribution in [1.82, 2.24) is 14.9 Å². The van der Waals surface area contributed by atoms with Crippen molar-refractivity contribution in [3.8, 4) is 22.8 Å². The van der Waals surface area contributed by atoms with Crippen molar-refractivity contribution in [2.24, 2.45) is 0 Å². The van der Waals surface area contributed by atoms with E-state index in [1.54, 1.807) is 14.2 Å². The van der Waals surface area contributed by atoms with Crippen LogP contribution in [0.15, 0.2) is 36.5 Å². The molecule has 8 heteroatoms.